The van der Waals surface area contributed by atoms with E-state index in [9.17, 15) is 0 Å². The van der Waals surface area contributed by atoms with E-state index < -0.39 is 0 Å². The average molecular weight is 387 g/mol. The number of H-pyrrole nitrogens is 1. The number of nitrogens with zero attached hydrogens (tertiary/aromatic N) is 5. The lowest BCUT2D eigenvalue weighted by molar-refractivity contribution is 0.872. The lowest BCUT2D eigenvalue weighted by atomic mass is 10.0. The Hall–Kier alpha value is -3.39. The zero-order valence-corrected chi connectivity index (χ0v) is 16.2. The highest BCUT2D eigenvalue weighted by Crippen LogP contribution is 2.34. The third kappa shape index (κ3) is 2.87. The lowest BCUT2D eigenvalue weighted by Crippen LogP contribution is -2.11. The number of hydrogen-bond donors (Lipinski definition) is 2. The number of imidazole rings is 1. The van der Waals surface area contributed by atoms with Crippen LogP contribution in [-0.4, -0.2) is 29.9 Å². The zero-order chi connectivity index (χ0) is 19.1. The highest BCUT2D eigenvalue weighted by molar-refractivity contribution is 7.18. The van der Waals surface area contributed by atoms with Crippen LogP contribution < -0.4 is 5.32 Å². The summed E-state index contributed by atoms with van der Waals surface area (Å²) < 4.78 is 0. The highest BCUT2D eigenvalue weighted by atomic mass is 32.1. The second-order valence-electron chi connectivity index (χ2n) is 6.58. The molecule has 0 aromatic carbocycles. The maximum atomic E-state index is 4.94. The SMILES string of the molecule is Cc1cc2cc(C(C)Nc3ncnc4[nH]cnc34)c(-c3ccccn3)nc2s1. The maximum Gasteiger partial charge on any atom is 0.162 e. The number of nitrogens with one attached hydrogen (secondary N) is 2. The van der Waals surface area contributed by atoms with Gasteiger partial charge in [0.05, 0.1) is 23.8 Å². The second-order valence-corrected chi connectivity index (χ2v) is 7.82. The molecule has 0 aliphatic heterocycles. The van der Waals surface area contributed by atoms with Crippen LogP contribution in [0.25, 0.3) is 32.8 Å². The number of thiophene rings is 1. The van der Waals surface area contributed by atoms with Crippen LogP contribution in [0.5, 0.6) is 0 Å². The number of fused-ring (bicyclic) bond motifs is 2. The predicted octanol–water partition coefficient (Wildman–Crippen LogP) is 4.51. The van der Waals surface area contributed by atoms with Crippen LogP contribution in [-0.2, 0) is 0 Å². The van der Waals surface area contributed by atoms with Crippen LogP contribution in [0.3, 0.4) is 0 Å². The summed E-state index contributed by atoms with van der Waals surface area (Å²) in [5.41, 5.74) is 4.21. The number of aromatic nitrogens is 6. The van der Waals surface area contributed by atoms with E-state index >= 15 is 0 Å². The summed E-state index contributed by atoms with van der Waals surface area (Å²) in [4.78, 5) is 27.6. The topological polar surface area (TPSA) is 92.3 Å². The van der Waals surface area contributed by atoms with Crippen LogP contribution in [0, 0.1) is 6.92 Å². The Morgan fingerprint density at radius 3 is 2.89 bits per heavy atom. The monoisotopic (exact) mass is 387 g/mol. The van der Waals surface area contributed by atoms with Crippen LogP contribution in [0.4, 0.5) is 5.82 Å². The molecule has 0 radical (unpaired) electrons. The molecule has 0 saturated carbocycles. The van der Waals surface area contributed by atoms with Crippen molar-refractivity contribution in [2.45, 2.75) is 19.9 Å². The third-order valence-electron chi connectivity index (χ3n) is 4.61. The third-order valence-corrected chi connectivity index (χ3v) is 5.57. The van der Waals surface area contributed by atoms with Gasteiger partial charge in [-0.2, -0.15) is 0 Å². The van der Waals surface area contributed by atoms with E-state index in [-0.39, 0.29) is 6.04 Å². The predicted molar refractivity (Wildman–Crippen MR) is 111 cm³/mol. The van der Waals surface area contributed by atoms with Gasteiger partial charge in [0, 0.05) is 22.0 Å². The average Bonchev–Trinajstić information content (AvgIpc) is 3.33. The molecular formula is C20H17N7S. The molecule has 0 amide bonds. The molecule has 0 saturated heterocycles. The maximum absolute atomic E-state index is 4.94. The molecule has 0 aliphatic rings. The van der Waals surface area contributed by atoms with Crippen molar-refractivity contribution >= 4 is 38.5 Å². The number of anilines is 1. The standard InChI is InChI=1S/C20H17N7S/c1-11-7-13-8-14(16(27-20(13)28-11)15-5-3-4-6-21-15)12(2)26-19-17-18(23-9-22-17)24-10-25-19/h3-10,12H,1-2H3,(H2,22,23,24,25,26). The Kier molecular flexibility index (Phi) is 3.98. The normalized spacial score (nSPS) is 12.5. The van der Waals surface area contributed by atoms with E-state index in [4.69, 9.17) is 4.98 Å². The van der Waals surface area contributed by atoms with Crippen molar-refractivity contribution in [3.8, 4) is 11.4 Å². The van der Waals surface area contributed by atoms with E-state index in [1.54, 1.807) is 23.9 Å². The van der Waals surface area contributed by atoms with Crippen molar-refractivity contribution in [3.63, 3.8) is 0 Å². The molecule has 0 spiro atoms. The fraction of sp³-hybridized carbons (Fsp3) is 0.150. The molecule has 1 unspecified atom stereocenters. The Balaban J connectivity index is 1.63. The smallest absolute Gasteiger partial charge is 0.162 e. The first-order valence-corrected chi connectivity index (χ1v) is 9.74. The minimum atomic E-state index is -0.0519. The van der Waals surface area contributed by atoms with E-state index in [1.165, 1.54) is 11.2 Å². The summed E-state index contributed by atoms with van der Waals surface area (Å²) in [6.07, 6.45) is 4.94. The number of rotatable bonds is 4. The number of hydrogen-bond acceptors (Lipinski definition) is 7. The Morgan fingerprint density at radius 1 is 1.11 bits per heavy atom. The molecule has 0 aliphatic carbocycles. The zero-order valence-electron chi connectivity index (χ0n) is 15.3. The van der Waals surface area contributed by atoms with Crippen molar-refractivity contribution in [1.82, 2.24) is 29.9 Å². The molecule has 28 heavy (non-hydrogen) atoms. The van der Waals surface area contributed by atoms with Crippen LogP contribution in [0.1, 0.15) is 23.4 Å². The summed E-state index contributed by atoms with van der Waals surface area (Å²) in [6, 6.07) is 10.2. The first-order chi connectivity index (χ1) is 13.7. The Bertz CT molecular complexity index is 1280. The van der Waals surface area contributed by atoms with Gasteiger partial charge in [-0.1, -0.05) is 6.07 Å². The molecule has 5 heterocycles. The summed E-state index contributed by atoms with van der Waals surface area (Å²) in [7, 11) is 0. The Labute approximate surface area is 165 Å². The van der Waals surface area contributed by atoms with E-state index in [0.29, 0.717) is 17.0 Å². The molecular weight excluding hydrogens is 370 g/mol. The van der Waals surface area contributed by atoms with Gasteiger partial charge in [0.1, 0.15) is 16.7 Å². The summed E-state index contributed by atoms with van der Waals surface area (Å²) >= 11 is 1.69. The van der Waals surface area contributed by atoms with Crippen molar-refractivity contribution in [1.29, 1.82) is 0 Å². The number of pyridine rings is 2. The molecule has 5 aromatic heterocycles. The minimum Gasteiger partial charge on any atom is -0.362 e. The van der Waals surface area contributed by atoms with Gasteiger partial charge >= 0.3 is 0 Å². The van der Waals surface area contributed by atoms with Gasteiger partial charge in [0.25, 0.3) is 0 Å². The van der Waals surface area contributed by atoms with Crippen LogP contribution in [0.15, 0.2) is 49.2 Å². The molecule has 2 N–H and O–H groups in total. The molecule has 0 fully saturated rings. The number of aryl methyl sites for hydroxylation is 1. The lowest BCUT2D eigenvalue weighted by Gasteiger charge is -2.18. The van der Waals surface area contributed by atoms with E-state index in [1.807, 2.05) is 18.2 Å². The molecule has 1 atom stereocenters. The molecule has 8 heteroatoms. The number of aromatic amines is 1. The fourth-order valence-electron chi connectivity index (χ4n) is 3.31. The largest absolute Gasteiger partial charge is 0.362 e. The first kappa shape index (κ1) is 16.8. The Morgan fingerprint density at radius 2 is 2.04 bits per heavy atom. The molecule has 138 valence electrons. The molecule has 5 rings (SSSR count). The van der Waals surface area contributed by atoms with Gasteiger partial charge in [-0.25, -0.2) is 19.9 Å². The van der Waals surface area contributed by atoms with Gasteiger partial charge in [-0.05, 0) is 38.1 Å². The van der Waals surface area contributed by atoms with Crippen molar-refractivity contribution in [2.24, 2.45) is 0 Å². The highest BCUT2D eigenvalue weighted by Gasteiger charge is 2.18. The van der Waals surface area contributed by atoms with Gasteiger partial charge in [0.15, 0.2) is 11.5 Å². The van der Waals surface area contributed by atoms with Crippen molar-refractivity contribution in [2.75, 3.05) is 5.32 Å². The molecule has 5 aromatic rings. The summed E-state index contributed by atoms with van der Waals surface area (Å²) in [6.45, 7) is 4.19. The molecule has 0 bridgehead atoms. The van der Waals surface area contributed by atoms with Crippen LogP contribution in [0.2, 0.25) is 0 Å². The minimum absolute atomic E-state index is 0.0519. The van der Waals surface area contributed by atoms with Gasteiger partial charge in [0.2, 0.25) is 0 Å². The fourth-order valence-corrected chi connectivity index (χ4v) is 4.17. The van der Waals surface area contributed by atoms with Crippen LogP contribution >= 0.6 is 11.3 Å². The van der Waals surface area contributed by atoms with Crippen molar-refractivity contribution < 1.29 is 0 Å². The second kappa shape index (κ2) is 6.65. The quantitative estimate of drug-likeness (QED) is 0.471. The summed E-state index contributed by atoms with van der Waals surface area (Å²) in [5.74, 6) is 0.687. The van der Waals surface area contributed by atoms with E-state index in [2.05, 4.69) is 56.2 Å². The van der Waals surface area contributed by atoms with Gasteiger partial charge in [-0.15, -0.1) is 11.3 Å². The van der Waals surface area contributed by atoms with Crippen molar-refractivity contribution in [3.05, 3.63) is 59.6 Å². The van der Waals surface area contributed by atoms with E-state index in [0.717, 1.165) is 27.2 Å². The summed E-state index contributed by atoms with van der Waals surface area (Å²) in [5, 5.41) is 4.61. The first-order valence-electron chi connectivity index (χ1n) is 8.92. The van der Waals surface area contributed by atoms with Gasteiger partial charge < -0.3 is 10.3 Å². The molecule has 7 nitrogen and oxygen atoms in total. The van der Waals surface area contributed by atoms with Gasteiger partial charge in [-0.3, -0.25) is 4.98 Å².